The molecule has 1 amide bonds. The number of carbonyl (C=O) groups excluding carboxylic acids is 1. The number of halogens is 2. The molecule has 0 saturated carbocycles. The first-order valence-corrected chi connectivity index (χ1v) is 6.53. The van der Waals surface area contributed by atoms with Gasteiger partial charge in [-0.1, -0.05) is 23.2 Å². The Kier molecular flexibility index (Phi) is 3.36. The number of nitrogens with one attached hydrogen (secondary N) is 2. The predicted octanol–water partition coefficient (Wildman–Crippen LogP) is 2.49. The van der Waals surface area contributed by atoms with Crippen molar-refractivity contribution in [3.05, 3.63) is 40.3 Å². The van der Waals surface area contributed by atoms with Crippen LogP contribution in [0.2, 0.25) is 10.2 Å². The maximum Gasteiger partial charge on any atom is 0.258 e. The Morgan fingerprint density at radius 1 is 1.29 bits per heavy atom. The highest BCUT2D eigenvalue weighted by Crippen LogP contribution is 2.21. The summed E-state index contributed by atoms with van der Waals surface area (Å²) in [5.74, 6) is -0.373. The minimum atomic E-state index is -0.427. The van der Waals surface area contributed by atoms with E-state index in [1.54, 1.807) is 6.07 Å². The molecule has 106 valence electrons. The first-order valence-electron chi connectivity index (χ1n) is 5.77. The monoisotopic (exact) mass is 322 g/mol. The van der Waals surface area contributed by atoms with Crippen molar-refractivity contribution < 1.29 is 4.79 Å². The van der Waals surface area contributed by atoms with E-state index in [1.807, 2.05) is 0 Å². The van der Waals surface area contributed by atoms with Crippen molar-refractivity contribution in [2.24, 2.45) is 0 Å². The molecule has 0 bridgehead atoms. The number of benzene rings is 1. The van der Waals surface area contributed by atoms with E-state index in [-0.39, 0.29) is 11.1 Å². The van der Waals surface area contributed by atoms with Gasteiger partial charge in [0.25, 0.3) is 5.91 Å². The van der Waals surface area contributed by atoms with Crippen LogP contribution in [0.4, 0.5) is 11.6 Å². The molecule has 1 aromatic carbocycles. The average Bonchev–Trinajstić information content (AvgIpc) is 2.90. The van der Waals surface area contributed by atoms with Crippen LogP contribution < -0.4 is 11.1 Å². The molecular weight excluding hydrogens is 315 g/mol. The van der Waals surface area contributed by atoms with Crippen molar-refractivity contribution in [1.82, 2.24) is 19.9 Å². The summed E-state index contributed by atoms with van der Waals surface area (Å²) < 4.78 is 0. The minimum absolute atomic E-state index is 0.0538. The van der Waals surface area contributed by atoms with Crippen LogP contribution in [0.5, 0.6) is 0 Å². The molecule has 2 aromatic heterocycles. The highest BCUT2D eigenvalue weighted by Gasteiger charge is 2.12. The standard InChI is InChI=1S/C12H8Cl2N6O/c13-6-2-1-5(3-7(6)15)11(21)20-12-18-9(14)8-10(19-12)17-4-16-8/h1-4H,15H2,(H2,16,17,18,19,20,21). The number of carbonyl (C=O) groups is 1. The molecule has 0 fully saturated rings. The number of fused-ring (bicyclic) bond motifs is 1. The number of rotatable bonds is 2. The van der Waals surface area contributed by atoms with Crippen molar-refractivity contribution in [2.45, 2.75) is 0 Å². The minimum Gasteiger partial charge on any atom is -0.398 e. The second kappa shape index (κ2) is 5.19. The van der Waals surface area contributed by atoms with E-state index < -0.39 is 5.91 Å². The van der Waals surface area contributed by atoms with Crippen molar-refractivity contribution >= 4 is 51.9 Å². The maximum absolute atomic E-state index is 12.1. The Morgan fingerprint density at radius 2 is 2.10 bits per heavy atom. The second-order valence-corrected chi connectivity index (χ2v) is 4.89. The summed E-state index contributed by atoms with van der Waals surface area (Å²) in [5.41, 5.74) is 7.17. The van der Waals surface area contributed by atoms with Gasteiger partial charge < -0.3 is 10.7 Å². The topological polar surface area (TPSA) is 110 Å². The largest absolute Gasteiger partial charge is 0.398 e. The lowest BCUT2D eigenvalue weighted by Gasteiger charge is -2.05. The predicted molar refractivity (Wildman–Crippen MR) is 80.5 cm³/mol. The van der Waals surface area contributed by atoms with Crippen LogP contribution in [0.15, 0.2) is 24.5 Å². The number of amides is 1. The number of nitrogens with two attached hydrogens (primary N) is 1. The summed E-state index contributed by atoms with van der Waals surface area (Å²) in [4.78, 5) is 26.9. The Morgan fingerprint density at radius 3 is 2.86 bits per heavy atom. The number of nitrogens with zero attached hydrogens (tertiary/aromatic N) is 3. The van der Waals surface area contributed by atoms with E-state index in [0.29, 0.717) is 27.4 Å². The van der Waals surface area contributed by atoms with Crippen LogP contribution in [-0.4, -0.2) is 25.8 Å². The zero-order chi connectivity index (χ0) is 15.0. The van der Waals surface area contributed by atoms with Gasteiger partial charge in [-0.25, -0.2) is 4.98 Å². The lowest BCUT2D eigenvalue weighted by Crippen LogP contribution is -2.14. The first-order chi connectivity index (χ1) is 10.0. The zero-order valence-corrected chi connectivity index (χ0v) is 11.9. The molecule has 2 heterocycles. The van der Waals surface area contributed by atoms with Crippen LogP contribution in [0.3, 0.4) is 0 Å². The van der Waals surface area contributed by atoms with E-state index >= 15 is 0 Å². The maximum atomic E-state index is 12.1. The normalized spacial score (nSPS) is 10.8. The van der Waals surface area contributed by atoms with E-state index in [0.717, 1.165) is 0 Å². The molecular formula is C12H8Cl2N6O. The van der Waals surface area contributed by atoms with Crippen LogP contribution in [0, 0.1) is 0 Å². The molecule has 0 aliphatic rings. The highest BCUT2D eigenvalue weighted by molar-refractivity contribution is 6.34. The van der Waals surface area contributed by atoms with Gasteiger partial charge in [0.1, 0.15) is 5.52 Å². The van der Waals surface area contributed by atoms with Crippen LogP contribution in [-0.2, 0) is 0 Å². The Labute approximate surface area is 128 Å². The molecule has 3 rings (SSSR count). The quantitative estimate of drug-likeness (QED) is 0.496. The molecule has 0 radical (unpaired) electrons. The van der Waals surface area contributed by atoms with Crippen molar-refractivity contribution in [3.63, 3.8) is 0 Å². The number of imidazole rings is 1. The van der Waals surface area contributed by atoms with Gasteiger partial charge in [0.15, 0.2) is 10.8 Å². The van der Waals surface area contributed by atoms with Gasteiger partial charge in [0.05, 0.1) is 17.0 Å². The average molecular weight is 323 g/mol. The van der Waals surface area contributed by atoms with Crippen molar-refractivity contribution in [1.29, 1.82) is 0 Å². The zero-order valence-electron chi connectivity index (χ0n) is 10.4. The van der Waals surface area contributed by atoms with Gasteiger partial charge in [-0.2, -0.15) is 9.97 Å². The lowest BCUT2D eigenvalue weighted by atomic mass is 10.2. The number of aromatic amines is 1. The fourth-order valence-electron chi connectivity index (χ4n) is 1.71. The molecule has 4 N–H and O–H groups in total. The first kappa shape index (κ1) is 13.6. The molecule has 21 heavy (non-hydrogen) atoms. The van der Waals surface area contributed by atoms with E-state index in [9.17, 15) is 4.79 Å². The summed E-state index contributed by atoms with van der Waals surface area (Å²) in [6.07, 6.45) is 1.44. The fourth-order valence-corrected chi connectivity index (χ4v) is 2.05. The van der Waals surface area contributed by atoms with Gasteiger partial charge in [0, 0.05) is 5.56 Å². The fraction of sp³-hybridized carbons (Fsp3) is 0. The molecule has 0 unspecified atom stereocenters. The molecule has 9 heteroatoms. The molecule has 7 nitrogen and oxygen atoms in total. The van der Waals surface area contributed by atoms with Crippen LogP contribution in [0.1, 0.15) is 10.4 Å². The van der Waals surface area contributed by atoms with Crippen LogP contribution in [0.25, 0.3) is 11.2 Å². The summed E-state index contributed by atoms with van der Waals surface area (Å²) in [6, 6.07) is 4.55. The molecule has 0 saturated heterocycles. The van der Waals surface area contributed by atoms with E-state index in [1.165, 1.54) is 18.5 Å². The summed E-state index contributed by atoms with van der Waals surface area (Å²) >= 11 is 11.8. The van der Waals surface area contributed by atoms with Gasteiger partial charge in [-0.15, -0.1) is 0 Å². The molecule has 0 aliphatic heterocycles. The lowest BCUT2D eigenvalue weighted by molar-refractivity contribution is 0.102. The van der Waals surface area contributed by atoms with E-state index in [2.05, 4.69) is 25.3 Å². The number of aromatic nitrogens is 4. The van der Waals surface area contributed by atoms with Gasteiger partial charge in [-0.05, 0) is 18.2 Å². The van der Waals surface area contributed by atoms with Gasteiger partial charge in [0.2, 0.25) is 5.95 Å². The Hall–Kier alpha value is -2.38. The Bertz CT molecular complexity index is 847. The number of H-pyrrole nitrogens is 1. The molecule has 0 aliphatic carbocycles. The molecule has 0 spiro atoms. The number of nitrogen functional groups attached to an aromatic ring is 1. The van der Waals surface area contributed by atoms with Crippen LogP contribution >= 0.6 is 23.2 Å². The third kappa shape index (κ3) is 2.61. The smallest absolute Gasteiger partial charge is 0.258 e. The number of hydrogen-bond donors (Lipinski definition) is 3. The molecule has 3 aromatic rings. The SMILES string of the molecule is Nc1cc(C(=O)Nc2nc(Cl)c3[nH]cnc3n2)ccc1Cl. The molecule has 0 atom stereocenters. The number of anilines is 2. The van der Waals surface area contributed by atoms with Crippen molar-refractivity contribution in [2.75, 3.05) is 11.1 Å². The third-order valence-electron chi connectivity index (χ3n) is 2.73. The van der Waals surface area contributed by atoms with Gasteiger partial charge >= 0.3 is 0 Å². The Balaban J connectivity index is 1.90. The van der Waals surface area contributed by atoms with E-state index in [4.69, 9.17) is 28.9 Å². The number of hydrogen-bond acceptors (Lipinski definition) is 5. The van der Waals surface area contributed by atoms with Crippen molar-refractivity contribution in [3.8, 4) is 0 Å². The summed E-state index contributed by atoms with van der Waals surface area (Å²) in [6.45, 7) is 0. The third-order valence-corrected chi connectivity index (χ3v) is 3.34. The summed E-state index contributed by atoms with van der Waals surface area (Å²) in [7, 11) is 0. The second-order valence-electron chi connectivity index (χ2n) is 4.13. The van der Waals surface area contributed by atoms with Gasteiger partial charge in [-0.3, -0.25) is 10.1 Å². The summed E-state index contributed by atoms with van der Waals surface area (Å²) in [5, 5.41) is 3.08. The highest BCUT2D eigenvalue weighted by atomic mass is 35.5.